The summed E-state index contributed by atoms with van der Waals surface area (Å²) in [6.45, 7) is 4.08. The highest BCUT2D eigenvalue weighted by molar-refractivity contribution is 5.48. The number of aryl methyl sites for hydroxylation is 1. The van der Waals surface area contributed by atoms with E-state index >= 15 is 0 Å². The maximum absolute atomic E-state index is 8.65. The van der Waals surface area contributed by atoms with Crippen molar-refractivity contribution in [2.75, 3.05) is 26.5 Å². The number of fused-ring (bicyclic) bond motifs is 1. The van der Waals surface area contributed by atoms with Gasteiger partial charge in [-0.2, -0.15) is 0 Å². The quantitative estimate of drug-likeness (QED) is 0.727. The van der Waals surface area contributed by atoms with Crippen LogP contribution in [0, 0.1) is 6.92 Å². The summed E-state index contributed by atoms with van der Waals surface area (Å²) in [5.74, 6) is 1.67. The minimum Gasteiger partial charge on any atom is -0.454 e. The minimum absolute atomic E-state index is 0.181. The van der Waals surface area contributed by atoms with Crippen molar-refractivity contribution in [1.82, 2.24) is 5.32 Å². The average Bonchev–Trinajstić information content (AvgIpc) is 2.71. The van der Waals surface area contributed by atoms with Gasteiger partial charge in [0.05, 0.1) is 6.61 Å². The van der Waals surface area contributed by atoms with Gasteiger partial charge in [-0.25, -0.2) is 0 Å². The Bertz CT molecular complexity index is 366. The molecule has 0 aliphatic carbocycles. The molecule has 1 aromatic rings. The van der Waals surface area contributed by atoms with Crippen LogP contribution in [0.2, 0.25) is 0 Å². The van der Waals surface area contributed by atoms with E-state index in [0.29, 0.717) is 13.3 Å². The average molecular weight is 223 g/mol. The molecule has 0 fully saturated rings. The van der Waals surface area contributed by atoms with Crippen molar-refractivity contribution < 1.29 is 14.6 Å². The smallest absolute Gasteiger partial charge is 0.231 e. The van der Waals surface area contributed by atoms with Gasteiger partial charge in [0.1, 0.15) is 0 Å². The first-order chi connectivity index (χ1) is 7.81. The number of rotatable bonds is 5. The molecule has 0 saturated carbocycles. The SMILES string of the molecule is Cc1cc2c(cc1CCNCCO)OCO2. The van der Waals surface area contributed by atoms with Crippen molar-refractivity contribution in [1.29, 1.82) is 0 Å². The van der Waals surface area contributed by atoms with Gasteiger partial charge < -0.3 is 19.9 Å². The third kappa shape index (κ3) is 2.46. The van der Waals surface area contributed by atoms with Crippen molar-refractivity contribution in [2.45, 2.75) is 13.3 Å². The van der Waals surface area contributed by atoms with Crippen LogP contribution in [-0.4, -0.2) is 31.6 Å². The molecule has 0 atom stereocenters. The number of nitrogens with one attached hydrogen (secondary N) is 1. The van der Waals surface area contributed by atoms with E-state index in [9.17, 15) is 0 Å². The second kappa shape index (κ2) is 5.18. The fourth-order valence-corrected chi connectivity index (χ4v) is 1.78. The lowest BCUT2D eigenvalue weighted by atomic mass is 10.0. The zero-order valence-corrected chi connectivity index (χ0v) is 9.45. The highest BCUT2D eigenvalue weighted by atomic mass is 16.7. The third-order valence-electron chi connectivity index (χ3n) is 2.69. The van der Waals surface area contributed by atoms with E-state index in [1.54, 1.807) is 0 Å². The number of hydrogen-bond acceptors (Lipinski definition) is 4. The van der Waals surface area contributed by atoms with Gasteiger partial charge in [0.2, 0.25) is 6.79 Å². The maximum atomic E-state index is 8.65. The first-order valence-electron chi connectivity index (χ1n) is 5.52. The summed E-state index contributed by atoms with van der Waals surface area (Å²) in [6, 6.07) is 4.06. The largest absolute Gasteiger partial charge is 0.454 e. The second-order valence-corrected chi connectivity index (χ2v) is 3.86. The standard InChI is InChI=1S/C12H17NO3/c1-9-6-11-12(16-8-15-11)7-10(9)2-3-13-4-5-14/h6-7,13-14H,2-5,8H2,1H3. The zero-order valence-electron chi connectivity index (χ0n) is 9.45. The van der Waals surface area contributed by atoms with Gasteiger partial charge >= 0.3 is 0 Å². The summed E-state index contributed by atoms with van der Waals surface area (Å²) >= 11 is 0. The molecule has 16 heavy (non-hydrogen) atoms. The van der Waals surface area contributed by atoms with Crippen molar-refractivity contribution in [3.05, 3.63) is 23.3 Å². The first-order valence-corrected chi connectivity index (χ1v) is 5.52. The van der Waals surface area contributed by atoms with Gasteiger partial charge in [0.25, 0.3) is 0 Å². The topological polar surface area (TPSA) is 50.7 Å². The number of aliphatic hydroxyl groups excluding tert-OH is 1. The van der Waals surface area contributed by atoms with E-state index in [1.807, 2.05) is 12.1 Å². The molecule has 0 saturated heterocycles. The van der Waals surface area contributed by atoms with Gasteiger partial charge in [-0.15, -0.1) is 0 Å². The van der Waals surface area contributed by atoms with Crippen molar-refractivity contribution in [2.24, 2.45) is 0 Å². The second-order valence-electron chi connectivity index (χ2n) is 3.86. The molecule has 1 heterocycles. The lowest BCUT2D eigenvalue weighted by molar-refractivity contribution is 0.174. The van der Waals surface area contributed by atoms with Crippen LogP contribution in [0.25, 0.3) is 0 Å². The molecule has 4 nitrogen and oxygen atoms in total. The Labute approximate surface area is 95.2 Å². The molecule has 1 aliphatic rings. The fourth-order valence-electron chi connectivity index (χ4n) is 1.78. The first kappa shape index (κ1) is 11.2. The van der Waals surface area contributed by atoms with E-state index < -0.39 is 0 Å². The molecule has 0 radical (unpaired) electrons. The Balaban J connectivity index is 1.98. The summed E-state index contributed by atoms with van der Waals surface area (Å²) in [7, 11) is 0. The Morgan fingerprint density at radius 2 is 2.00 bits per heavy atom. The van der Waals surface area contributed by atoms with Gasteiger partial charge in [0.15, 0.2) is 11.5 Å². The van der Waals surface area contributed by atoms with Crippen LogP contribution in [-0.2, 0) is 6.42 Å². The number of aliphatic hydroxyl groups is 1. The van der Waals surface area contributed by atoms with E-state index in [2.05, 4.69) is 12.2 Å². The zero-order chi connectivity index (χ0) is 11.4. The molecule has 88 valence electrons. The van der Waals surface area contributed by atoms with E-state index in [4.69, 9.17) is 14.6 Å². The summed E-state index contributed by atoms with van der Waals surface area (Å²) in [6.07, 6.45) is 0.933. The van der Waals surface area contributed by atoms with Crippen LogP contribution >= 0.6 is 0 Å². The fraction of sp³-hybridized carbons (Fsp3) is 0.500. The lowest BCUT2D eigenvalue weighted by Crippen LogP contribution is -2.21. The van der Waals surface area contributed by atoms with Gasteiger partial charge in [-0.05, 0) is 43.1 Å². The van der Waals surface area contributed by atoms with Crippen LogP contribution in [0.5, 0.6) is 11.5 Å². The van der Waals surface area contributed by atoms with Crippen LogP contribution in [0.4, 0.5) is 0 Å². The molecule has 4 heteroatoms. The Hall–Kier alpha value is -1.26. The molecule has 0 spiro atoms. The van der Waals surface area contributed by atoms with E-state index in [0.717, 1.165) is 24.5 Å². The van der Waals surface area contributed by atoms with Gasteiger partial charge in [-0.1, -0.05) is 0 Å². The molecular formula is C12H17NO3. The lowest BCUT2D eigenvalue weighted by Gasteiger charge is -2.08. The Kier molecular flexibility index (Phi) is 3.64. The van der Waals surface area contributed by atoms with E-state index in [-0.39, 0.29) is 6.61 Å². The summed E-state index contributed by atoms with van der Waals surface area (Å²) in [5.41, 5.74) is 2.48. The monoisotopic (exact) mass is 223 g/mol. The molecule has 1 aliphatic heterocycles. The van der Waals surface area contributed by atoms with Gasteiger partial charge in [-0.3, -0.25) is 0 Å². The van der Waals surface area contributed by atoms with Crippen LogP contribution in [0.3, 0.4) is 0 Å². The van der Waals surface area contributed by atoms with Crippen LogP contribution in [0.15, 0.2) is 12.1 Å². The summed E-state index contributed by atoms with van der Waals surface area (Å²) < 4.78 is 10.6. The number of ether oxygens (including phenoxy) is 2. The number of benzene rings is 1. The predicted octanol–water partition coefficient (Wildman–Crippen LogP) is 0.848. The Morgan fingerprint density at radius 1 is 1.25 bits per heavy atom. The van der Waals surface area contributed by atoms with Crippen LogP contribution in [0.1, 0.15) is 11.1 Å². The molecule has 0 aromatic heterocycles. The van der Waals surface area contributed by atoms with Crippen molar-refractivity contribution >= 4 is 0 Å². The normalized spacial score (nSPS) is 13.1. The van der Waals surface area contributed by atoms with E-state index in [1.165, 1.54) is 11.1 Å². The molecule has 2 rings (SSSR count). The third-order valence-corrected chi connectivity index (χ3v) is 2.69. The highest BCUT2D eigenvalue weighted by Crippen LogP contribution is 2.34. The van der Waals surface area contributed by atoms with Crippen molar-refractivity contribution in [3.8, 4) is 11.5 Å². The summed E-state index contributed by atoms with van der Waals surface area (Å²) in [5, 5.41) is 11.8. The molecule has 0 unspecified atom stereocenters. The number of hydrogen-bond donors (Lipinski definition) is 2. The highest BCUT2D eigenvalue weighted by Gasteiger charge is 2.15. The predicted molar refractivity (Wildman–Crippen MR) is 61.0 cm³/mol. The molecule has 0 bridgehead atoms. The van der Waals surface area contributed by atoms with Crippen LogP contribution < -0.4 is 14.8 Å². The summed E-state index contributed by atoms with van der Waals surface area (Å²) in [4.78, 5) is 0. The Morgan fingerprint density at radius 3 is 2.75 bits per heavy atom. The molecular weight excluding hydrogens is 206 g/mol. The maximum Gasteiger partial charge on any atom is 0.231 e. The van der Waals surface area contributed by atoms with Gasteiger partial charge in [0, 0.05) is 6.54 Å². The van der Waals surface area contributed by atoms with Crippen molar-refractivity contribution in [3.63, 3.8) is 0 Å². The molecule has 0 amide bonds. The molecule has 1 aromatic carbocycles. The minimum atomic E-state index is 0.181. The molecule has 2 N–H and O–H groups in total.